The minimum atomic E-state index is -0.352. The van der Waals surface area contributed by atoms with Crippen LogP contribution >= 0.6 is 0 Å². The van der Waals surface area contributed by atoms with Gasteiger partial charge in [-0.2, -0.15) is 0 Å². The van der Waals surface area contributed by atoms with E-state index in [0.29, 0.717) is 27.7 Å². The number of carbonyl (C=O) groups is 2. The summed E-state index contributed by atoms with van der Waals surface area (Å²) < 4.78 is 3.08. The fourth-order valence-corrected chi connectivity index (χ4v) is 5.70. The van der Waals surface area contributed by atoms with Crippen molar-refractivity contribution in [1.29, 1.82) is 0 Å². The van der Waals surface area contributed by atoms with Crippen LogP contribution in [0.4, 0.5) is 11.4 Å². The van der Waals surface area contributed by atoms with Crippen molar-refractivity contribution >= 4 is 45.0 Å². The predicted molar refractivity (Wildman–Crippen MR) is 142 cm³/mol. The van der Waals surface area contributed by atoms with Gasteiger partial charge in [0.15, 0.2) is 0 Å². The van der Waals surface area contributed by atoms with Gasteiger partial charge in [-0.15, -0.1) is 0 Å². The highest BCUT2D eigenvalue weighted by Crippen LogP contribution is 2.37. The van der Waals surface area contributed by atoms with Crippen molar-refractivity contribution in [2.24, 2.45) is 14.1 Å². The number of carbonyl (C=O) groups excluding carboxylic acids is 2. The number of hydrogen-bond acceptors (Lipinski definition) is 5. The second-order valence-electron chi connectivity index (χ2n) is 9.85. The van der Waals surface area contributed by atoms with Crippen LogP contribution in [0.15, 0.2) is 53.3 Å². The number of hydrogen-bond donors (Lipinski definition) is 0. The molecule has 36 heavy (non-hydrogen) atoms. The molecule has 0 aliphatic carbocycles. The van der Waals surface area contributed by atoms with Crippen LogP contribution in [0.3, 0.4) is 0 Å². The maximum Gasteiger partial charge on any atom is 0.328 e. The third-order valence-corrected chi connectivity index (χ3v) is 7.76. The summed E-state index contributed by atoms with van der Waals surface area (Å²) in [5.41, 5.74) is 3.75. The Morgan fingerprint density at radius 3 is 2.28 bits per heavy atom. The molecular formula is C28H29N5O3. The van der Waals surface area contributed by atoms with Crippen molar-refractivity contribution in [1.82, 2.24) is 14.0 Å². The highest BCUT2D eigenvalue weighted by atomic mass is 16.2. The normalized spacial score (nSPS) is 16.0. The van der Waals surface area contributed by atoms with Crippen molar-refractivity contribution in [2.45, 2.75) is 12.8 Å². The molecule has 2 aliphatic heterocycles. The number of aryl methyl sites for hydroxylation is 2. The Morgan fingerprint density at radius 1 is 0.833 bits per heavy atom. The molecule has 1 saturated heterocycles. The molecule has 8 nitrogen and oxygen atoms in total. The third-order valence-electron chi connectivity index (χ3n) is 7.76. The average Bonchev–Trinajstić information content (AvgIpc) is 3.49. The first-order valence-corrected chi connectivity index (χ1v) is 12.4. The lowest BCUT2D eigenvalue weighted by Crippen LogP contribution is -2.40. The maximum atomic E-state index is 13.7. The van der Waals surface area contributed by atoms with E-state index >= 15 is 0 Å². The number of benzene rings is 3. The van der Waals surface area contributed by atoms with Gasteiger partial charge in [0.2, 0.25) is 0 Å². The maximum absolute atomic E-state index is 13.7. The van der Waals surface area contributed by atoms with Gasteiger partial charge < -0.3 is 9.80 Å². The van der Waals surface area contributed by atoms with E-state index < -0.39 is 0 Å². The van der Waals surface area contributed by atoms with Crippen LogP contribution in [-0.4, -0.2) is 59.1 Å². The Balaban J connectivity index is 1.40. The Labute approximate surface area is 208 Å². The predicted octanol–water partition coefficient (Wildman–Crippen LogP) is 3.36. The molecule has 4 aromatic rings. The van der Waals surface area contributed by atoms with Crippen LogP contribution in [0.1, 0.15) is 33.6 Å². The van der Waals surface area contributed by atoms with Crippen LogP contribution in [-0.2, 0) is 14.1 Å². The largest absolute Gasteiger partial charge is 0.373 e. The van der Waals surface area contributed by atoms with Crippen LogP contribution in [0, 0.1) is 0 Å². The zero-order valence-electron chi connectivity index (χ0n) is 20.8. The molecule has 6 rings (SSSR count). The van der Waals surface area contributed by atoms with Crippen molar-refractivity contribution in [3.8, 4) is 0 Å². The zero-order chi connectivity index (χ0) is 25.1. The van der Waals surface area contributed by atoms with Gasteiger partial charge in [-0.3, -0.25) is 18.7 Å². The summed E-state index contributed by atoms with van der Waals surface area (Å²) in [5.74, 6) is -0.703. The molecule has 1 aromatic heterocycles. The molecule has 0 radical (unpaired) electrons. The molecule has 2 amide bonds. The molecule has 1 fully saturated rings. The first-order valence-electron chi connectivity index (χ1n) is 12.4. The molecule has 184 valence electrons. The SMILES string of the molecule is CN(CCN1CCCC1)c1ccc2c3c(cccc13)C(=O)N(c1ccc3c(c1)n(C)c(=O)n3C)C2=O. The van der Waals surface area contributed by atoms with Crippen molar-refractivity contribution in [3.63, 3.8) is 0 Å². The summed E-state index contributed by atoms with van der Waals surface area (Å²) in [6, 6.07) is 14.7. The number of fused-ring (bicyclic) bond motifs is 1. The van der Waals surface area contributed by atoms with Crippen LogP contribution < -0.4 is 15.5 Å². The summed E-state index contributed by atoms with van der Waals surface area (Å²) >= 11 is 0. The van der Waals surface area contributed by atoms with E-state index in [1.54, 1.807) is 42.9 Å². The Bertz CT molecular complexity index is 1590. The monoisotopic (exact) mass is 483 g/mol. The fourth-order valence-electron chi connectivity index (χ4n) is 5.70. The number of imidazole rings is 1. The summed E-state index contributed by atoms with van der Waals surface area (Å²) in [6.45, 7) is 4.18. The number of nitrogens with zero attached hydrogens (tertiary/aromatic N) is 5. The van der Waals surface area contributed by atoms with Crippen molar-refractivity contribution in [3.05, 3.63) is 70.1 Å². The van der Waals surface area contributed by atoms with Gasteiger partial charge in [-0.25, -0.2) is 9.69 Å². The van der Waals surface area contributed by atoms with Crippen LogP contribution in [0.25, 0.3) is 21.8 Å². The van der Waals surface area contributed by atoms with Crippen molar-refractivity contribution in [2.75, 3.05) is 43.0 Å². The number of likely N-dealkylation sites (N-methyl/N-ethyl adjacent to an activating group) is 1. The standard InChI is InChI=1S/C28H29N5O3/c1-29(15-16-32-13-4-5-14-32)22-12-10-21-25-19(22)7-6-8-20(25)26(34)33(27(21)35)18-9-11-23-24(17-18)31(3)28(36)30(23)2/h6-12,17H,4-5,13-16H2,1-3H3. The van der Waals surface area contributed by atoms with Gasteiger partial charge in [0.05, 0.1) is 16.7 Å². The first kappa shape index (κ1) is 22.5. The zero-order valence-corrected chi connectivity index (χ0v) is 20.8. The first-order chi connectivity index (χ1) is 17.4. The highest BCUT2D eigenvalue weighted by Gasteiger charge is 2.35. The minimum absolute atomic E-state index is 0.157. The molecular weight excluding hydrogens is 454 g/mol. The second-order valence-corrected chi connectivity index (χ2v) is 9.85. The molecule has 0 atom stereocenters. The second kappa shape index (κ2) is 8.34. The number of imide groups is 1. The molecule has 3 aromatic carbocycles. The minimum Gasteiger partial charge on any atom is -0.373 e. The van der Waals surface area contributed by atoms with E-state index in [4.69, 9.17) is 0 Å². The number of anilines is 2. The summed E-state index contributed by atoms with van der Waals surface area (Å²) in [5, 5.41) is 1.62. The molecule has 0 unspecified atom stereocenters. The molecule has 8 heteroatoms. The average molecular weight is 484 g/mol. The topological polar surface area (TPSA) is 70.8 Å². The highest BCUT2D eigenvalue weighted by molar-refractivity contribution is 6.36. The van der Waals surface area contributed by atoms with E-state index in [9.17, 15) is 14.4 Å². The lowest BCUT2D eigenvalue weighted by atomic mass is 9.92. The van der Waals surface area contributed by atoms with Gasteiger partial charge in [0.1, 0.15) is 0 Å². The quantitative estimate of drug-likeness (QED) is 0.407. The van der Waals surface area contributed by atoms with Gasteiger partial charge in [0.25, 0.3) is 11.8 Å². The number of aromatic nitrogens is 2. The van der Waals surface area contributed by atoms with E-state index in [1.165, 1.54) is 22.3 Å². The number of rotatable bonds is 5. The van der Waals surface area contributed by atoms with E-state index in [-0.39, 0.29) is 17.5 Å². The Hall–Kier alpha value is -3.91. The van der Waals surface area contributed by atoms with Crippen molar-refractivity contribution < 1.29 is 9.59 Å². The molecule has 0 spiro atoms. The van der Waals surface area contributed by atoms with E-state index in [1.807, 2.05) is 24.3 Å². The smallest absolute Gasteiger partial charge is 0.328 e. The van der Waals surface area contributed by atoms with Gasteiger partial charge in [-0.1, -0.05) is 12.1 Å². The summed E-state index contributed by atoms with van der Waals surface area (Å²) in [7, 11) is 5.46. The molecule has 0 saturated carbocycles. The van der Waals surface area contributed by atoms with Gasteiger partial charge in [0, 0.05) is 61.8 Å². The van der Waals surface area contributed by atoms with E-state index in [2.05, 4.69) is 16.8 Å². The molecule has 0 bridgehead atoms. The lowest BCUT2D eigenvalue weighted by Gasteiger charge is -2.30. The third kappa shape index (κ3) is 3.28. The Morgan fingerprint density at radius 2 is 1.53 bits per heavy atom. The molecule has 3 heterocycles. The number of likely N-dealkylation sites (tertiary alicyclic amines) is 1. The molecule has 2 aliphatic rings. The van der Waals surface area contributed by atoms with Crippen LogP contribution in [0.5, 0.6) is 0 Å². The van der Waals surface area contributed by atoms with Gasteiger partial charge >= 0.3 is 5.69 Å². The fraction of sp³-hybridized carbons (Fsp3) is 0.321. The van der Waals surface area contributed by atoms with E-state index in [0.717, 1.165) is 42.8 Å². The number of amides is 2. The summed E-state index contributed by atoms with van der Waals surface area (Å²) in [4.78, 5) is 45.7. The van der Waals surface area contributed by atoms with Crippen LogP contribution in [0.2, 0.25) is 0 Å². The lowest BCUT2D eigenvalue weighted by molar-refractivity contribution is 0.0893. The Kier molecular flexibility index (Phi) is 5.22. The summed E-state index contributed by atoms with van der Waals surface area (Å²) in [6.07, 6.45) is 2.53. The molecule has 0 N–H and O–H groups in total. The van der Waals surface area contributed by atoms with Gasteiger partial charge in [-0.05, 0) is 62.3 Å².